The van der Waals surface area contributed by atoms with E-state index >= 15 is 0 Å². The zero-order valence-electron chi connectivity index (χ0n) is 10.5. The Balaban J connectivity index is 1.67. The summed E-state index contributed by atoms with van der Waals surface area (Å²) in [5.41, 5.74) is 1.62. The molecule has 1 fully saturated rings. The molecule has 18 heavy (non-hydrogen) atoms. The van der Waals surface area contributed by atoms with Gasteiger partial charge in [-0.2, -0.15) is 0 Å². The number of hydrogen-bond acceptors (Lipinski definition) is 2. The van der Waals surface area contributed by atoms with Crippen LogP contribution in [0.25, 0.3) is 0 Å². The van der Waals surface area contributed by atoms with Gasteiger partial charge in [0.2, 0.25) is 0 Å². The summed E-state index contributed by atoms with van der Waals surface area (Å²) in [4.78, 5) is 0. The van der Waals surface area contributed by atoms with Crippen LogP contribution in [0.2, 0.25) is 0 Å². The number of hydrogen-bond donors (Lipinski definition) is 0. The maximum absolute atomic E-state index is 6.06. The van der Waals surface area contributed by atoms with E-state index in [4.69, 9.17) is 9.47 Å². The molecule has 2 aliphatic rings. The van der Waals surface area contributed by atoms with Gasteiger partial charge in [-0.15, -0.1) is 0 Å². The fourth-order valence-electron chi connectivity index (χ4n) is 3.08. The van der Waals surface area contributed by atoms with Crippen molar-refractivity contribution in [3.8, 4) is 5.75 Å². The van der Waals surface area contributed by atoms with Crippen LogP contribution in [0.15, 0.2) is 24.3 Å². The minimum atomic E-state index is 0.269. The molecule has 1 saturated heterocycles. The fourth-order valence-corrected chi connectivity index (χ4v) is 3.75. The van der Waals surface area contributed by atoms with Gasteiger partial charge in [-0.3, -0.25) is 0 Å². The Kier molecular flexibility index (Phi) is 3.62. The van der Waals surface area contributed by atoms with Crippen LogP contribution in [0.1, 0.15) is 24.8 Å². The highest BCUT2D eigenvalue weighted by atomic mass is 79.9. The highest BCUT2D eigenvalue weighted by Crippen LogP contribution is 2.39. The lowest BCUT2D eigenvalue weighted by Gasteiger charge is -2.37. The Labute approximate surface area is 117 Å². The Morgan fingerprint density at radius 3 is 2.94 bits per heavy atom. The quantitative estimate of drug-likeness (QED) is 0.795. The average molecular weight is 311 g/mol. The Morgan fingerprint density at radius 1 is 1.33 bits per heavy atom. The number of alkyl halides is 1. The van der Waals surface area contributed by atoms with Crippen LogP contribution < -0.4 is 4.74 Å². The van der Waals surface area contributed by atoms with E-state index in [0.29, 0.717) is 6.10 Å². The van der Waals surface area contributed by atoms with Crippen molar-refractivity contribution in [2.45, 2.75) is 31.8 Å². The summed E-state index contributed by atoms with van der Waals surface area (Å²) in [7, 11) is 0. The second-order valence-corrected chi connectivity index (χ2v) is 6.11. The molecule has 0 radical (unpaired) electrons. The van der Waals surface area contributed by atoms with Crippen LogP contribution in [0.5, 0.6) is 5.75 Å². The van der Waals surface area contributed by atoms with E-state index in [1.54, 1.807) is 0 Å². The molecule has 98 valence electrons. The number of ether oxygens (including phenoxy) is 2. The van der Waals surface area contributed by atoms with Gasteiger partial charge in [-0.05, 0) is 30.9 Å². The molecule has 0 amide bonds. The highest BCUT2D eigenvalue weighted by Gasteiger charge is 2.37. The average Bonchev–Trinajstić information content (AvgIpc) is 2.81. The SMILES string of the molecule is BrCC1(CC2Cc3ccccc3O2)CCCOC1. The molecular weight excluding hydrogens is 292 g/mol. The molecule has 2 atom stereocenters. The smallest absolute Gasteiger partial charge is 0.123 e. The van der Waals surface area contributed by atoms with Crippen LogP contribution >= 0.6 is 15.9 Å². The lowest BCUT2D eigenvalue weighted by molar-refractivity contribution is -0.0146. The highest BCUT2D eigenvalue weighted by molar-refractivity contribution is 9.09. The summed E-state index contributed by atoms with van der Waals surface area (Å²) in [6.07, 6.45) is 4.87. The molecule has 2 aliphatic heterocycles. The van der Waals surface area contributed by atoms with Gasteiger partial charge in [0.1, 0.15) is 11.9 Å². The van der Waals surface area contributed by atoms with Gasteiger partial charge < -0.3 is 9.47 Å². The van der Waals surface area contributed by atoms with E-state index in [2.05, 4.69) is 34.1 Å². The largest absolute Gasteiger partial charge is 0.490 e. The van der Waals surface area contributed by atoms with Crippen molar-refractivity contribution in [3.05, 3.63) is 29.8 Å². The summed E-state index contributed by atoms with van der Waals surface area (Å²) in [6.45, 7) is 1.79. The van der Waals surface area contributed by atoms with Gasteiger partial charge in [-0.25, -0.2) is 0 Å². The van der Waals surface area contributed by atoms with Gasteiger partial charge in [0, 0.05) is 23.8 Å². The molecule has 1 aromatic rings. The van der Waals surface area contributed by atoms with Gasteiger partial charge in [0.25, 0.3) is 0 Å². The van der Waals surface area contributed by atoms with Gasteiger partial charge >= 0.3 is 0 Å². The van der Waals surface area contributed by atoms with E-state index in [1.165, 1.54) is 18.4 Å². The molecule has 1 aromatic carbocycles. The number of para-hydroxylation sites is 1. The molecule has 3 rings (SSSR count). The molecule has 0 spiro atoms. The Bertz CT molecular complexity index is 388. The predicted octanol–water partition coefficient (Wildman–Crippen LogP) is 3.57. The molecule has 0 bridgehead atoms. The summed E-state index contributed by atoms with van der Waals surface area (Å²) in [6, 6.07) is 8.39. The third-order valence-electron chi connectivity index (χ3n) is 4.06. The van der Waals surface area contributed by atoms with Crippen molar-refractivity contribution < 1.29 is 9.47 Å². The first-order chi connectivity index (χ1) is 8.81. The molecule has 2 unspecified atom stereocenters. The van der Waals surface area contributed by atoms with Gasteiger partial charge in [-0.1, -0.05) is 34.1 Å². The van der Waals surface area contributed by atoms with E-state index in [0.717, 1.165) is 37.1 Å². The standard InChI is InChI=1S/C15H19BrO2/c16-10-15(6-3-7-17-11-15)9-13-8-12-4-1-2-5-14(12)18-13/h1-2,4-5,13H,3,6-11H2. The first kappa shape index (κ1) is 12.5. The van der Waals surface area contributed by atoms with Crippen LogP contribution in [-0.4, -0.2) is 24.6 Å². The lowest BCUT2D eigenvalue weighted by atomic mass is 9.79. The van der Waals surface area contributed by atoms with E-state index in [9.17, 15) is 0 Å². The lowest BCUT2D eigenvalue weighted by Crippen LogP contribution is -2.38. The van der Waals surface area contributed by atoms with Gasteiger partial charge in [0.15, 0.2) is 0 Å². The van der Waals surface area contributed by atoms with Crippen molar-refractivity contribution >= 4 is 15.9 Å². The normalized spacial score (nSPS) is 30.8. The number of halogens is 1. The van der Waals surface area contributed by atoms with Crippen LogP contribution in [-0.2, 0) is 11.2 Å². The first-order valence-electron chi connectivity index (χ1n) is 6.70. The van der Waals surface area contributed by atoms with Crippen LogP contribution in [0.3, 0.4) is 0 Å². The first-order valence-corrected chi connectivity index (χ1v) is 7.82. The minimum absolute atomic E-state index is 0.269. The summed E-state index contributed by atoms with van der Waals surface area (Å²) < 4.78 is 11.7. The predicted molar refractivity (Wildman–Crippen MR) is 75.5 cm³/mol. The number of fused-ring (bicyclic) bond motifs is 1. The molecule has 0 aromatic heterocycles. The minimum Gasteiger partial charge on any atom is -0.490 e. The second-order valence-electron chi connectivity index (χ2n) is 5.55. The molecule has 0 saturated carbocycles. The Morgan fingerprint density at radius 2 is 2.22 bits per heavy atom. The number of benzene rings is 1. The zero-order valence-corrected chi connectivity index (χ0v) is 12.1. The molecule has 2 nitrogen and oxygen atoms in total. The maximum Gasteiger partial charge on any atom is 0.123 e. The van der Waals surface area contributed by atoms with Crippen molar-refractivity contribution in [1.29, 1.82) is 0 Å². The van der Waals surface area contributed by atoms with Crippen molar-refractivity contribution in [2.24, 2.45) is 5.41 Å². The third-order valence-corrected chi connectivity index (χ3v) is 5.25. The van der Waals surface area contributed by atoms with Crippen molar-refractivity contribution in [1.82, 2.24) is 0 Å². The fraction of sp³-hybridized carbons (Fsp3) is 0.600. The Hall–Kier alpha value is -0.540. The molecule has 0 N–H and O–H groups in total. The van der Waals surface area contributed by atoms with E-state index in [1.807, 2.05) is 6.07 Å². The van der Waals surface area contributed by atoms with Crippen LogP contribution in [0.4, 0.5) is 0 Å². The summed E-state index contributed by atoms with van der Waals surface area (Å²) in [5.74, 6) is 1.07. The molecule has 2 heterocycles. The maximum atomic E-state index is 6.06. The van der Waals surface area contributed by atoms with E-state index in [-0.39, 0.29) is 5.41 Å². The molecule has 3 heteroatoms. The zero-order chi connectivity index (χ0) is 12.4. The van der Waals surface area contributed by atoms with Crippen molar-refractivity contribution in [3.63, 3.8) is 0 Å². The topological polar surface area (TPSA) is 18.5 Å². The van der Waals surface area contributed by atoms with Gasteiger partial charge in [0.05, 0.1) is 6.61 Å². The second kappa shape index (κ2) is 5.22. The molecule has 0 aliphatic carbocycles. The summed E-state index contributed by atoms with van der Waals surface area (Å²) in [5, 5.41) is 1.01. The monoisotopic (exact) mass is 310 g/mol. The molecular formula is C15H19BrO2. The number of rotatable bonds is 3. The summed E-state index contributed by atoms with van der Waals surface area (Å²) >= 11 is 3.67. The van der Waals surface area contributed by atoms with E-state index < -0.39 is 0 Å². The third kappa shape index (κ3) is 2.43. The van der Waals surface area contributed by atoms with Crippen molar-refractivity contribution in [2.75, 3.05) is 18.5 Å². The van der Waals surface area contributed by atoms with Crippen LogP contribution in [0, 0.1) is 5.41 Å².